The number of para-hydroxylation sites is 4. The lowest BCUT2D eigenvalue weighted by molar-refractivity contribution is -0.664. The molecule has 2 heterocycles. The normalized spacial score (nSPS) is 12.0. The van der Waals surface area contributed by atoms with Crippen molar-refractivity contribution in [3.05, 3.63) is 60.7 Å². The Morgan fingerprint density at radius 2 is 1.75 bits per heavy atom. The van der Waals surface area contributed by atoms with Crippen molar-refractivity contribution in [1.29, 1.82) is 0 Å². The first kappa shape index (κ1) is 18.2. The van der Waals surface area contributed by atoms with Crippen molar-refractivity contribution in [2.45, 2.75) is 39.5 Å². The summed E-state index contributed by atoms with van der Waals surface area (Å²) < 4.78 is 11.7. The topological polar surface area (TPSA) is 52.9 Å². The van der Waals surface area contributed by atoms with Crippen LogP contribution in [0.1, 0.15) is 26.6 Å². The van der Waals surface area contributed by atoms with E-state index in [1.165, 1.54) is 0 Å². The maximum atomic E-state index is 12.3. The molecule has 0 aliphatic heterocycles. The van der Waals surface area contributed by atoms with Gasteiger partial charge in [0.05, 0.1) is 11.0 Å². The summed E-state index contributed by atoms with van der Waals surface area (Å²) in [6, 6.07) is 16.2. The molecular formula is C22H25N4O2+. The fourth-order valence-electron chi connectivity index (χ4n) is 3.50. The van der Waals surface area contributed by atoms with E-state index in [2.05, 4.69) is 21.3 Å². The van der Waals surface area contributed by atoms with Gasteiger partial charge in [0.25, 0.3) is 0 Å². The summed E-state index contributed by atoms with van der Waals surface area (Å²) in [5, 5.41) is 0. The number of aryl methyl sites for hydroxylation is 1. The first-order valence-corrected chi connectivity index (χ1v) is 9.41. The lowest BCUT2D eigenvalue weighted by Crippen LogP contribution is -2.34. The minimum atomic E-state index is -0.497. The number of ether oxygens (including phenoxy) is 1. The van der Waals surface area contributed by atoms with Crippen LogP contribution >= 0.6 is 0 Å². The summed E-state index contributed by atoms with van der Waals surface area (Å²) in [5.41, 5.74) is 3.64. The Morgan fingerprint density at radius 1 is 1.07 bits per heavy atom. The highest BCUT2D eigenvalue weighted by Gasteiger charge is 2.23. The molecule has 0 fully saturated rings. The number of imidazole rings is 2. The Bertz CT molecular complexity index is 1160. The molecular weight excluding hydrogens is 352 g/mol. The van der Waals surface area contributed by atoms with Gasteiger partial charge in [-0.25, -0.2) is 18.9 Å². The second-order valence-electron chi connectivity index (χ2n) is 8.02. The first-order chi connectivity index (χ1) is 13.3. The van der Waals surface area contributed by atoms with Crippen LogP contribution in [0.5, 0.6) is 0 Å². The van der Waals surface area contributed by atoms with Gasteiger partial charge in [0.15, 0.2) is 23.4 Å². The Kier molecular flexibility index (Phi) is 4.41. The monoisotopic (exact) mass is 377 g/mol. The van der Waals surface area contributed by atoms with E-state index >= 15 is 0 Å². The number of fused-ring (bicyclic) bond motifs is 2. The van der Waals surface area contributed by atoms with Gasteiger partial charge in [0.2, 0.25) is 6.33 Å². The van der Waals surface area contributed by atoms with Crippen molar-refractivity contribution in [2.24, 2.45) is 7.05 Å². The third kappa shape index (κ3) is 3.50. The molecule has 0 N–H and O–H groups in total. The van der Waals surface area contributed by atoms with Crippen LogP contribution in [0.3, 0.4) is 0 Å². The van der Waals surface area contributed by atoms with Crippen LogP contribution in [0.25, 0.3) is 22.1 Å². The van der Waals surface area contributed by atoms with Crippen LogP contribution in [0.2, 0.25) is 0 Å². The Morgan fingerprint density at radius 3 is 2.46 bits per heavy atom. The highest BCUT2D eigenvalue weighted by Crippen LogP contribution is 2.16. The van der Waals surface area contributed by atoms with E-state index in [9.17, 15) is 4.79 Å². The molecule has 0 saturated carbocycles. The van der Waals surface area contributed by atoms with Gasteiger partial charge in [-0.15, -0.1) is 0 Å². The molecule has 2 aromatic heterocycles. The summed E-state index contributed by atoms with van der Waals surface area (Å²) in [6.07, 6.45) is 1.97. The molecule has 2 aromatic carbocycles. The fourth-order valence-corrected chi connectivity index (χ4v) is 3.50. The van der Waals surface area contributed by atoms with Gasteiger partial charge in [-0.3, -0.25) is 0 Å². The molecule has 28 heavy (non-hydrogen) atoms. The third-order valence-electron chi connectivity index (χ3n) is 4.69. The van der Waals surface area contributed by atoms with E-state index in [4.69, 9.17) is 9.72 Å². The summed E-state index contributed by atoms with van der Waals surface area (Å²) in [5.74, 6) is 0.717. The van der Waals surface area contributed by atoms with Gasteiger partial charge in [-0.2, -0.15) is 0 Å². The van der Waals surface area contributed by atoms with Gasteiger partial charge >= 0.3 is 5.97 Å². The first-order valence-electron chi connectivity index (χ1n) is 9.41. The van der Waals surface area contributed by atoms with E-state index in [0.29, 0.717) is 6.54 Å². The Balaban J connectivity index is 1.69. The summed E-state index contributed by atoms with van der Waals surface area (Å²) in [7, 11) is 2.03. The summed E-state index contributed by atoms with van der Waals surface area (Å²) >= 11 is 0. The van der Waals surface area contributed by atoms with E-state index in [0.717, 1.165) is 27.9 Å². The molecule has 4 rings (SSSR count). The molecule has 6 heteroatoms. The number of nitrogens with zero attached hydrogens (tertiary/aromatic N) is 4. The van der Waals surface area contributed by atoms with Crippen molar-refractivity contribution in [3.63, 3.8) is 0 Å². The van der Waals surface area contributed by atoms with Crippen LogP contribution in [-0.2, 0) is 29.7 Å². The zero-order valence-corrected chi connectivity index (χ0v) is 16.7. The van der Waals surface area contributed by atoms with Gasteiger partial charge < -0.3 is 9.30 Å². The van der Waals surface area contributed by atoms with Crippen LogP contribution in [-0.4, -0.2) is 25.7 Å². The molecule has 0 aliphatic carbocycles. The molecule has 0 bridgehead atoms. The van der Waals surface area contributed by atoms with Crippen LogP contribution in [0.4, 0.5) is 0 Å². The number of rotatable bonds is 4. The Labute approximate surface area is 164 Å². The second-order valence-corrected chi connectivity index (χ2v) is 8.02. The number of esters is 1. The van der Waals surface area contributed by atoms with Crippen molar-refractivity contribution in [3.8, 4) is 0 Å². The quantitative estimate of drug-likeness (QED) is 0.405. The van der Waals surface area contributed by atoms with Crippen molar-refractivity contribution >= 4 is 28.0 Å². The number of aromatic nitrogens is 4. The standard InChI is InChI=1S/C22H25N4O2/c1-22(2,3)28-21(27)14-26-15-25(18-11-7-8-12-19(18)26)13-20-23-16-9-5-6-10-17(16)24(20)4/h5-12,15H,13-14H2,1-4H3/q+1. The molecule has 0 amide bonds. The second kappa shape index (κ2) is 6.78. The van der Waals surface area contributed by atoms with Crippen molar-refractivity contribution in [2.75, 3.05) is 0 Å². The highest BCUT2D eigenvalue weighted by molar-refractivity contribution is 5.77. The van der Waals surface area contributed by atoms with Crippen LogP contribution < -0.4 is 4.57 Å². The molecule has 0 aliphatic rings. The fraction of sp³-hybridized carbons (Fsp3) is 0.318. The molecule has 0 atom stereocenters. The van der Waals surface area contributed by atoms with E-state index in [-0.39, 0.29) is 12.5 Å². The minimum Gasteiger partial charge on any atom is -0.457 e. The maximum Gasteiger partial charge on any atom is 0.349 e. The average molecular weight is 377 g/mol. The SMILES string of the molecule is Cn1c(C[n+]2cn(CC(=O)OC(C)(C)C)c3ccccc32)nc2ccccc21. The molecule has 4 aromatic rings. The lowest BCUT2D eigenvalue weighted by Gasteiger charge is -2.18. The summed E-state index contributed by atoms with van der Waals surface area (Å²) in [4.78, 5) is 17.1. The highest BCUT2D eigenvalue weighted by atomic mass is 16.6. The van der Waals surface area contributed by atoms with Crippen LogP contribution in [0, 0.1) is 0 Å². The molecule has 6 nitrogen and oxygen atoms in total. The predicted octanol–water partition coefficient (Wildman–Crippen LogP) is 3.21. The average Bonchev–Trinajstić information content (AvgIpc) is 3.13. The molecule has 144 valence electrons. The smallest absolute Gasteiger partial charge is 0.349 e. The minimum absolute atomic E-state index is 0.174. The summed E-state index contributed by atoms with van der Waals surface area (Å²) in [6.45, 7) is 6.43. The lowest BCUT2D eigenvalue weighted by atomic mass is 10.2. The number of benzene rings is 2. The van der Waals surface area contributed by atoms with Gasteiger partial charge in [-0.05, 0) is 45.0 Å². The van der Waals surface area contributed by atoms with Gasteiger partial charge in [-0.1, -0.05) is 24.3 Å². The molecule has 0 radical (unpaired) electrons. The molecule has 0 unspecified atom stereocenters. The molecule has 0 saturated heterocycles. The van der Waals surface area contributed by atoms with E-state index in [1.54, 1.807) is 0 Å². The predicted molar refractivity (Wildman–Crippen MR) is 108 cm³/mol. The number of carbonyl (C=O) groups excluding carboxylic acids is 1. The zero-order valence-electron chi connectivity index (χ0n) is 16.7. The largest absolute Gasteiger partial charge is 0.457 e. The number of carbonyl (C=O) groups is 1. The van der Waals surface area contributed by atoms with Crippen LogP contribution in [0.15, 0.2) is 54.9 Å². The third-order valence-corrected chi connectivity index (χ3v) is 4.69. The number of hydrogen-bond donors (Lipinski definition) is 0. The molecule has 0 spiro atoms. The Hall–Kier alpha value is -3.15. The number of hydrogen-bond acceptors (Lipinski definition) is 3. The van der Waals surface area contributed by atoms with Gasteiger partial charge in [0.1, 0.15) is 12.1 Å². The van der Waals surface area contributed by atoms with E-state index in [1.807, 2.05) is 75.1 Å². The van der Waals surface area contributed by atoms with E-state index < -0.39 is 5.60 Å². The zero-order chi connectivity index (χ0) is 19.9. The maximum absolute atomic E-state index is 12.3. The van der Waals surface area contributed by atoms with Gasteiger partial charge in [0, 0.05) is 7.05 Å². The van der Waals surface area contributed by atoms with Crippen molar-refractivity contribution in [1.82, 2.24) is 14.1 Å². The van der Waals surface area contributed by atoms with Crippen molar-refractivity contribution < 1.29 is 14.1 Å².